The molecule has 0 aliphatic carbocycles. The molecular formula is C13H16F2N2O2. The van der Waals surface area contributed by atoms with Crippen molar-refractivity contribution in [3.63, 3.8) is 0 Å². The van der Waals surface area contributed by atoms with Gasteiger partial charge in [-0.05, 0) is 32.8 Å². The summed E-state index contributed by atoms with van der Waals surface area (Å²) >= 11 is 0. The molecule has 0 spiro atoms. The Morgan fingerprint density at radius 3 is 2.95 bits per heavy atom. The third kappa shape index (κ3) is 3.26. The lowest BCUT2D eigenvalue weighted by atomic mass is 9.94. The summed E-state index contributed by atoms with van der Waals surface area (Å²) < 4.78 is 31.9. The second-order valence-electron chi connectivity index (χ2n) is 5.23. The number of ether oxygens (including phenoxy) is 1. The number of carbonyl (C=O) groups excluding carboxylic acids is 1. The molecule has 0 bridgehead atoms. The number of nitrogens with one attached hydrogen (secondary N) is 1. The lowest BCUT2D eigenvalue weighted by Crippen LogP contribution is -2.46. The average molecular weight is 270 g/mol. The third-order valence-corrected chi connectivity index (χ3v) is 3.12. The van der Waals surface area contributed by atoms with E-state index in [1.165, 1.54) is 0 Å². The van der Waals surface area contributed by atoms with E-state index in [-0.39, 0.29) is 17.2 Å². The topological polar surface area (TPSA) is 51.2 Å². The second-order valence-corrected chi connectivity index (χ2v) is 5.23. The van der Waals surface area contributed by atoms with E-state index in [0.717, 1.165) is 12.3 Å². The summed E-state index contributed by atoms with van der Waals surface area (Å²) in [4.78, 5) is 15.1. The van der Waals surface area contributed by atoms with Crippen molar-refractivity contribution in [3.05, 3.63) is 29.6 Å². The van der Waals surface area contributed by atoms with Gasteiger partial charge in [0.1, 0.15) is 0 Å². The first kappa shape index (κ1) is 13.9. The Morgan fingerprint density at radius 1 is 1.53 bits per heavy atom. The molecular weight excluding hydrogens is 254 g/mol. The van der Waals surface area contributed by atoms with Crippen LogP contribution in [0, 0.1) is 11.8 Å². The fourth-order valence-electron chi connectivity index (χ4n) is 2.21. The van der Waals surface area contributed by atoms with Crippen molar-refractivity contribution < 1.29 is 18.3 Å². The normalized spacial score (nSPS) is 22.0. The van der Waals surface area contributed by atoms with Gasteiger partial charge in [0.25, 0.3) is 5.91 Å². The van der Waals surface area contributed by atoms with Gasteiger partial charge in [-0.2, -0.15) is 4.39 Å². The van der Waals surface area contributed by atoms with Crippen LogP contribution in [-0.2, 0) is 4.74 Å². The number of amides is 1. The van der Waals surface area contributed by atoms with E-state index in [4.69, 9.17) is 4.74 Å². The first-order valence-corrected chi connectivity index (χ1v) is 6.14. The Morgan fingerprint density at radius 2 is 2.26 bits per heavy atom. The summed E-state index contributed by atoms with van der Waals surface area (Å²) in [7, 11) is 0. The number of halogens is 2. The quantitative estimate of drug-likeness (QED) is 0.837. The van der Waals surface area contributed by atoms with E-state index in [1.54, 1.807) is 0 Å². The van der Waals surface area contributed by atoms with Gasteiger partial charge in [-0.25, -0.2) is 9.37 Å². The third-order valence-electron chi connectivity index (χ3n) is 3.12. The first-order chi connectivity index (χ1) is 8.89. The maximum absolute atomic E-state index is 13.4. The second kappa shape index (κ2) is 5.21. The van der Waals surface area contributed by atoms with Crippen LogP contribution in [-0.4, -0.2) is 29.1 Å². The zero-order valence-electron chi connectivity index (χ0n) is 10.9. The van der Waals surface area contributed by atoms with Gasteiger partial charge in [0, 0.05) is 18.8 Å². The summed E-state index contributed by atoms with van der Waals surface area (Å²) in [6, 6.07) is 1.06. The van der Waals surface area contributed by atoms with E-state index in [1.807, 2.05) is 13.8 Å². The van der Waals surface area contributed by atoms with Crippen molar-refractivity contribution in [2.45, 2.75) is 38.3 Å². The van der Waals surface area contributed by atoms with Crippen LogP contribution in [0.25, 0.3) is 0 Å². The van der Waals surface area contributed by atoms with E-state index < -0.39 is 17.7 Å². The van der Waals surface area contributed by atoms with Crippen molar-refractivity contribution in [1.29, 1.82) is 0 Å². The zero-order valence-corrected chi connectivity index (χ0v) is 10.9. The van der Waals surface area contributed by atoms with Crippen LogP contribution in [0.1, 0.15) is 37.0 Å². The van der Waals surface area contributed by atoms with Crippen LogP contribution in [0.5, 0.6) is 0 Å². The van der Waals surface area contributed by atoms with E-state index in [9.17, 15) is 13.6 Å². The molecule has 1 aromatic rings. The van der Waals surface area contributed by atoms with Crippen LogP contribution in [0.3, 0.4) is 0 Å². The van der Waals surface area contributed by atoms with Crippen molar-refractivity contribution in [2.24, 2.45) is 0 Å². The molecule has 1 aliphatic heterocycles. The fourth-order valence-corrected chi connectivity index (χ4v) is 2.21. The molecule has 4 nitrogen and oxygen atoms in total. The summed E-state index contributed by atoms with van der Waals surface area (Å²) in [5.74, 6) is -3.10. The zero-order chi connectivity index (χ0) is 14.0. The molecule has 1 aromatic heterocycles. The van der Waals surface area contributed by atoms with Crippen LogP contribution in [0.15, 0.2) is 12.3 Å². The number of rotatable bonds is 2. The Balaban J connectivity index is 2.07. The van der Waals surface area contributed by atoms with Gasteiger partial charge < -0.3 is 10.1 Å². The molecule has 1 fully saturated rings. The first-order valence-electron chi connectivity index (χ1n) is 6.14. The highest BCUT2D eigenvalue weighted by Crippen LogP contribution is 2.24. The molecule has 2 heterocycles. The minimum Gasteiger partial charge on any atom is -0.375 e. The highest BCUT2D eigenvalue weighted by Gasteiger charge is 2.30. The maximum atomic E-state index is 13.4. The predicted octanol–water partition coefficient (Wildman–Crippen LogP) is 2.05. The number of hydrogen-bond acceptors (Lipinski definition) is 3. The van der Waals surface area contributed by atoms with Gasteiger partial charge in [0.05, 0.1) is 11.2 Å². The summed E-state index contributed by atoms with van der Waals surface area (Å²) in [5, 5.41) is 2.71. The Bertz CT molecular complexity index is 492. The number of aromatic nitrogens is 1. The van der Waals surface area contributed by atoms with E-state index in [0.29, 0.717) is 19.4 Å². The number of hydrogen-bond donors (Lipinski definition) is 1. The smallest absolute Gasteiger partial charge is 0.254 e. The Labute approximate surface area is 110 Å². The lowest BCUT2D eigenvalue weighted by Gasteiger charge is -2.35. The van der Waals surface area contributed by atoms with Crippen LogP contribution in [0.4, 0.5) is 8.78 Å². The monoisotopic (exact) mass is 270 g/mol. The molecule has 0 aromatic carbocycles. The molecule has 6 heteroatoms. The minimum atomic E-state index is -1.26. The number of carbonyl (C=O) groups is 1. The Hall–Kier alpha value is -1.56. The molecule has 0 radical (unpaired) electrons. The van der Waals surface area contributed by atoms with Gasteiger partial charge >= 0.3 is 0 Å². The molecule has 104 valence electrons. The molecule has 0 saturated carbocycles. The highest BCUT2D eigenvalue weighted by molar-refractivity contribution is 5.94. The van der Waals surface area contributed by atoms with Crippen LogP contribution < -0.4 is 5.32 Å². The summed E-state index contributed by atoms with van der Waals surface area (Å²) in [5.41, 5.74) is -0.644. The fraction of sp³-hybridized carbons (Fsp3) is 0.538. The standard InChI is InChI=1S/C13H16F2N2O2/c1-13(2)7-8(4-6-19-13)17-12(18)9-3-5-16-11(15)10(9)14/h3,5,8H,4,6-7H2,1-2H3,(H,17,18). The van der Waals surface area contributed by atoms with Crippen molar-refractivity contribution in [1.82, 2.24) is 10.3 Å². The number of nitrogens with zero attached hydrogens (tertiary/aromatic N) is 1. The van der Waals surface area contributed by atoms with Gasteiger partial charge in [0.2, 0.25) is 5.95 Å². The molecule has 2 rings (SSSR count). The lowest BCUT2D eigenvalue weighted by molar-refractivity contribution is -0.0615. The Kier molecular flexibility index (Phi) is 3.80. The molecule has 19 heavy (non-hydrogen) atoms. The van der Waals surface area contributed by atoms with E-state index >= 15 is 0 Å². The molecule has 1 saturated heterocycles. The molecule has 1 N–H and O–H groups in total. The van der Waals surface area contributed by atoms with Gasteiger partial charge in [-0.1, -0.05) is 0 Å². The molecule has 1 atom stereocenters. The number of pyridine rings is 1. The van der Waals surface area contributed by atoms with Crippen LogP contribution in [0.2, 0.25) is 0 Å². The molecule has 1 aliphatic rings. The average Bonchev–Trinajstić information content (AvgIpc) is 2.31. The highest BCUT2D eigenvalue weighted by atomic mass is 19.2. The SMILES string of the molecule is CC1(C)CC(NC(=O)c2ccnc(F)c2F)CCO1. The molecule has 1 amide bonds. The van der Waals surface area contributed by atoms with Gasteiger partial charge in [0.15, 0.2) is 5.82 Å². The van der Waals surface area contributed by atoms with E-state index in [2.05, 4.69) is 10.3 Å². The molecule has 1 unspecified atom stereocenters. The van der Waals surface area contributed by atoms with Crippen molar-refractivity contribution in [3.8, 4) is 0 Å². The summed E-state index contributed by atoms with van der Waals surface area (Å²) in [6.07, 6.45) is 2.36. The largest absolute Gasteiger partial charge is 0.375 e. The van der Waals surface area contributed by atoms with Gasteiger partial charge in [-0.3, -0.25) is 4.79 Å². The predicted molar refractivity (Wildman–Crippen MR) is 64.7 cm³/mol. The maximum Gasteiger partial charge on any atom is 0.254 e. The van der Waals surface area contributed by atoms with Crippen molar-refractivity contribution in [2.75, 3.05) is 6.61 Å². The van der Waals surface area contributed by atoms with Crippen LogP contribution >= 0.6 is 0 Å². The van der Waals surface area contributed by atoms with Gasteiger partial charge in [-0.15, -0.1) is 0 Å². The minimum absolute atomic E-state index is 0.105. The van der Waals surface area contributed by atoms with Crippen molar-refractivity contribution >= 4 is 5.91 Å². The summed E-state index contributed by atoms with van der Waals surface area (Å²) in [6.45, 7) is 4.39.